The van der Waals surface area contributed by atoms with Gasteiger partial charge in [0, 0.05) is 0 Å². The molecule has 6 atom stereocenters. The Balaban J connectivity index is 6.32. The van der Waals surface area contributed by atoms with Crippen molar-refractivity contribution >= 4 is 25.0 Å². The standard InChI is InChI=1S/C26H60O3Si3/c1-19-25(8,28-31(13,14)15)21(3)23(5)26(9,29-32(16,17)18)22(4)20(2)24(6,7)27-30(10,11)12/h20-23H,19H2,1-18H3. The fourth-order valence-electron chi connectivity index (χ4n) is 5.45. The molecule has 6 unspecified atom stereocenters. The van der Waals surface area contributed by atoms with Crippen LogP contribution in [0.5, 0.6) is 0 Å². The van der Waals surface area contributed by atoms with Gasteiger partial charge < -0.3 is 13.3 Å². The van der Waals surface area contributed by atoms with E-state index in [1.54, 1.807) is 0 Å². The van der Waals surface area contributed by atoms with E-state index < -0.39 is 25.0 Å². The van der Waals surface area contributed by atoms with Gasteiger partial charge in [0.2, 0.25) is 0 Å². The average Bonchev–Trinajstić information content (AvgIpc) is 2.53. The van der Waals surface area contributed by atoms with Gasteiger partial charge in [0.05, 0.1) is 16.8 Å². The molecule has 0 aliphatic carbocycles. The summed E-state index contributed by atoms with van der Waals surface area (Å²) in [5, 5.41) is 0. The van der Waals surface area contributed by atoms with E-state index in [-0.39, 0.29) is 16.8 Å². The van der Waals surface area contributed by atoms with Gasteiger partial charge in [0.15, 0.2) is 25.0 Å². The Morgan fingerprint density at radius 1 is 0.531 bits per heavy atom. The molecule has 0 aliphatic heterocycles. The topological polar surface area (TPSA) is 27.7 Å². The third-order valence-electron chi connectivity index (χ3n) is 7.70. The summed E-state index contributed by atoms with van der Waals surface area (Å²) in [6.07, 6.45) is 1.01. The predicted molar refractivity (Wildman–Crippen MR) is 151 cm³/mol. The van der Waals surface area contributed by atoms with Crippen LogP contribution in [0.3, 0.4) is 0 Å². The number of rotatable bonds is 13. The zero-order valence-corrected chi connectivity index (χ0v) is 28.2. The van der Waals surface area contributed by atoms with E-state index in [0.29, 0.717) is 23.7 Å². The van der Waals surface area contributed by atoms with Gasteiger partial charge in [-0.25, -0.2) is 0 Å². The molecule has 0 heterocycles. The van der Waals surface area contributed by atoms with Crippen LogP contribution in [-0.4, -0.2) is 41.8 Å². The van der Waals surface area contributed by atoms with Gasteiger partial charge in [-0.1, -0.05) is 34.6 Å². The molecule has 0 fully saturated rings. The van der Waals surface area contributed by atoms with Crippen molar-refractivity contribution in [2.24, 2.45) is 23.7 Å². The highest BCUT2D eigenvalue weighted by Gasteiger charge is 2.51. The summed E-state index contributed by atoms with van der Waals surface area (Å²) in [5.74, 6) is 1.41. The van der Waals surface area contributed by atoms with Crippen molar-refractivity contribution in [3.8, 4) is 0 Å². The maximum Gasteiger partial charge on any atom is 0.184 e. The molecule has 0 aliphatic rings. The monoisotopic (exact) mass is 504 g/mol. The van der Waals surface area contributed by atoms with Crippen LogP contribution in [-0.2, 0) is 13.3 Å². The Bertz CT molecular complexity index is 589. The van der Waals surface area contributed by atoms with Crippen LogP contribution in [0.1, 0.15) is 68.7 Å². The lowest BCUT2D eigenvalue weighted by atomic mass is 9.64. The zero-order chi connectivity index (χ0) is 26.1. The zero-order valence-electron chi connectivity index (χ0n) is 25.2. The first-order chi connectivity index (χ1) is 13.8. The molecule has 0 aromatic carbocycles. The van der Waals surface area contributed by atoms with Crippen molar-refractivity contribution in [1.29, 1.82) is 0 Å². The van der Waals surface area contributed by atoms with E-state index in [1.165, 1.54) is 0 Å². The van der Waals surface area contributed by atoms with Crippen molar-refractivity contribution in [1.82, 2.24) is 0 Å². The van der Waals surface area contributed by atoms with E-state index in [9.17, 15) is 0 Å². The van der Waals surface area contributed by atoms with E-state index >= 15 is 0 Å². The van der Waals surface area contributed by atoms with Gasteiger partial charge >= 0.3 is 0 Å². The van der Waals surface area contributed by atoms with Crippen LogP contribution in [0, 0.1) is 23.7 Å². The highest BCUT2D eigenvalue weighted by molar-refractivity contribution is 6.70. The van der Waals surface area contributed by atoms with Gasteiger partial charge in [-0.3, -0.25) is 0 Å². The highest BCUT2D eigenvalue weighted by atomic mass is 28.4. The van der Waals surface area contributed by atoms with Crippen LogP contribution >= 0.6 is 0 Å². The van der Waals surface area contributed by atoms with Crippen molar-refractivity contribution in [2.75, 3.05) is 0 Å². The molecule has 32 heavy (non-hydrogen) atoms. The van der Waals surface area contributed by atoms with Crippen LogP contribution in [0.25, 0.3) is 0 Å². The maximum atomic E-state index is 7.14. The molecular formula is C26H60O3Si3. The first-order valence-electron chi connectivity index (χ1n) is 12.9. The van der Waals surface area contributed by atoms with Crippen LogP contribution in [0.2, 0.25) is 58.9 Å². The second kappa shape index (κ2) is 10.7. The molecule has 0 N–H and O–H groups in total. The molecule has 0 saturated heterocycles. The molecule has 0 aromatic heterocycles. The summed E-state index contributed by atoms with van der Waals surface area (Å²) in [5.41, 5.74) is -0.607. The van der Waals surface area contributed by atoms with Crippen molar-refractivity contribution in [3.05, 3.63) is 0 Å². The SMILES string of the molecule is CCC(C)(O[Si](C)(C)C)C(C)C(C)C(C)(O[Si](C)(C)C)C(C)C(C)C(C)(C)O[Si](C)(C)C. The average molecular weight is 505 g/mol. The molecule has 194 valence electrons. The van der Waals surface area contributed by atoms with Crippen molar-refractivity contribution in [2.45, 2.75) is 144 Å². The molecule has 0 aromatic rings. The van der Waals surface area contributed by atoms with Gasteiger partial charge in [-0.15, -0.1) is 0 Å². The summed E-state index contributed by atoms with van der Waals surface area (Å²) in [4.78, 5) is 0. The van der Waals surface area contributed by atoms with Crippen LogP contribution < -0.4 is 0 Å². The first kappa shape index (κ1) is 32.5. The molecule has 0 radical (unpaired) electrons. The summed E-state index contributed by atoms with van der Waals surface area (Å²) < 4.78 is 20.7. The molecule has 0 spiro atoms. The molecule has 0 rings (SSSR count). The van der Waals surface area contributed by atoms with Crippen molar-refractivity contribution < 1.29 is 13.3 Å². The smallest absolute Gasteiger partial charge is 0.184 e. The number of hydrogen-bond acceptors (Lipinski definition) is 3. The van der Waals surface area contributed by atoms with Gasteiger partial charge in [-0.2, -0.15) is 0 Å². The first-order valence-corrected chi connectivity index (χ1v) is 23.1. The second-order valence-corrected chi connectivity index (χ2v) is 27.5. The quantitative estimate of drug-likeness (QED) is 0.234. The molecule has 0 saturated carbocycles. The molecule has 3 nitrogen and oxygen atoms in total. The third-order valence-corrected chi connectivity index (χ3v) is 11.0. The van der Waals surface area contributed by atoms with Crippen LogP contribution in [0.4, 0.5) is 0 Å². The Morgan fingerprint density at radius 2 is 0.875 bits per heavy atom. The minimum Gasteiger partial charge on any atom is -0.412 e. The van der Waals surface area contributed by atoms with Gasteiger partial charge in [-0.05, 0) is 117 Å². The lowest BCUT2D eigenvalue weighted by Gasteiger charge is -2.54. The normalized spacial score (nSPS) is 21.9. The molecule has 6 heteroatoms. The van der Waals surface area contributed by atoms with Crippen molar-refractivity contribution in [3.63, 3.8) is 0 Å². The third kappa shape index (κ3) is 9.29. The fourth-order valence-corrected chi connectivity index (χ4v) is 10.6. The highest BCUT2D eigenvalue weighted by Crippen LogP contribution is 2.47. The summed E-state index contributed by atoms with van der Waals surface area (Å²) in [6.45, 7) is 41.8. The van der Waals surface area contributed by atoms with Crippen LogP contribution in [0.15, 0.2) is 0 Å². The lowest BCUT2D eigenvalue weighted by Crippen LogP contribution is -2.59. The summed E-state index contributed by atoms with van der Waals surface area (Å²) in [7, 11) is -5.14. The van der Waals surface area contributed by atoms with E-state index in [0.717, 1.165) is 6.42 Å². The maximum absolute atomic E-state index is 7.14. The minimum atomic E-state index is -1.80. The van der Waals surface area contributed by atoms with Gasteiger partial charge in [0.1, 0.15) is 0 Å². The molecular weight excluding hydrogens is 445 g/mol. The molecule has 0 bridgehead atoms. The Kier molecular flexibility index (Phi) is 10.8. The summed E-state index contributed by atoms with van der Waals surface area (Å²) in [6, 6.07) is 0. The summed E-state index contributed by atoms with van der Waals surface area (Å²) >= 11 is 0. The van der Waals surface area contributed by atoms with E-state index in [2.05, 4.69) is 121 Å². The van der Waals surface area contributed by atoms with E-state index in [4.69, 9.17) is 13.3 Å². The number of hydrogen-bond donors (Lipinski definition) is 0. The largest absolute Gasteiger partial charge is 0.412 e. The second-order valence-electron chi connectivity index (χ2n) is 14.3. The predicted octanol–water partition coefficient (Wildman–Crippen LogP) is 8.79. The lowest BCUT2D eigenvalue weighted by molar-refractivity contribution is -0.121. The van der Waals surface area contributed by atoms with E-state index in [1.807, 2.05) is 0 Å². The van der Waals surface area contributed by atoms with Gasteiger partial charge in [0.25, 0.3) is 0 Å². The fraction of sp³-hybridized carbons (Fsp3) is 1.00. The Labute approximate surface area is 206 Å². The minimum absolute atomic E-state index is 0.152. The molecule has 0 amide bonds. The Hall–Kier alpha value is 0.531. The Morgan fingerprint density at radius 3 is 1.19 bits per heavy atom.